The molecule has 2 aromatic heterocycles. The van der Waals surface area contributed by atoms with Crippen molar-refractivity contribution < 1.29 is 4.42 Å². The molecule has 5 heteroatoms. The largest absolute Gasteiger partial charge is 0.456 e. The molecule has 62 heavy (non-hydrogen) atoms. The van der Waals surface area contributed by atoms with E-state index in [4.69, 9.17) is 14.4 Å². The van der Waals surface area contributed by atoms with Crippen molar-refractivity contribution in [1.29, 1.82) is 0 Å². The van der Waals surface area contributed by atoms with Crippen LogP contribution in [-0.2, 0) is 6.42 Å². The number of aromatic nitrogens is 1. The van der Waals surface area contributed by atoms with E-state index in [2.05, 4.69) is 180 Å². The molecule has 0 saturated carbocycles. The van der Waals surface area contributed by atoms with E-state index in [-0.39, 0.29) is 30.0 Å². The third kappa shape index (κ3) is 5.47. The van der Waals surface area contributed by atoms with E-state index in [1.165, 1.54) is 49.6 Å². The number of para-hydroxylation sites is 1. The standard InChI is InChI=1S/C57H42N4O/c1-4-17-35(18-5-1)55-58-56(36-19-6-2-7-20-36)60-57(59-55)43-28-16-30-51-54(43)53-42-27-13-12-25-40(42)47(34-52(53)62-51)44-31-37-21-10-11-24-39(37)45-32-48-41-26-14-15-29-49(41)61(50(48)33-46(44)45)38-22-8-3-9-23-38/h1-22,24-30,32-34,38,40,44,47,55H,23,31H2,(H,58,59,60). The molecule has 4 aliphatic carbocycles. The van der Waals surface area contributed by atoms with Crippen molar-refractivity contribution in [2.75, 3.05) is 0 Å². The lowest BCUT2D eigenvalue weighted by atomic mass is 9.65. The summed E-state index contributed by atoms with van der Waals surface area (Å²) in [5.41, 5.74) is 14.3. The van der Waals surface area contributed by atoms with E-state index in [0.717, 1.165) is 57.0 Å². The maximum atomic E-state index is 7.02. The van der Waals surface area contributed by atoms with E-state index in [9.17, 15) is 0 Å². The maximum Gasteiger partial charge on any atom is 0.159 e. The fourth-order valence-corrected chi connectivity index (χ4v) is 11.0. The number of hydrogen-bond acceptors (Lipinski definition) is 4. The summed E-state index contributed by atoms with van der Waals surface area (Å²) in [6, 6.07) is 50.4. The fourth-order valence-electron chi connectivity index (χ4n) is 11.0. The van der Waals surface area contributed by atoms with E-state index in [0.29, 0.717) is 5.84 Å². The van der Waals surface area contributed by atoms with Crippen molar-refractivity contribution >= 4 is 56.1 Å². The zero-order chi connectivity index (χ0) is 40.7. The van der Waals surface area contributed by atoms with Crippen LogP contribution in [0.2, 0.25) is 0 Å². The van der Waals surface area contributed by atoms with Crippen LogP contribution in [0.5, 0.6) is 0 Å². The molecule has 1 N–H and O–H groups in total. The molecule has 296 valence electrons. The van der Waals surface area contributed by atoms with Crippen molar-refractivity contribution in [2.24, 2.45) is 21.8 Å². The zero-order valence-electron chi connectivity index (χ0n) is 34.0. The van der Waals surface area contributed by atoms with Gasteiger partial charge in [-0.15, -0.1) is 0 Å². The summed E-state index contributed by atoms with van der Waals surface area (Å²) < 4.78 is 9.60. The molecule has 0 bridgehead atoms. The number of nitrogens with one attached hydrogen (secondary N) is 1. The fraction of sp³-hybridized carbons (Fsp3) is 0.123. The molecular weight excluding hydrogens is 757 g/mol. The highest BCUT2D eigenvalue weighted by molar-refractivity contribution is 6.17. The lowest BCUT2D eigenvalue weighted by Crippen LogP contribution is -2.38. The first kappa shape index (κ1) is 35.3. The van der Waals surface area contributed by atoms with Gasteiger partial charge in [0.2, 0.25) is 0 Å². The van der Waals surface area contributed by atoms with Gasteiger partial charge in [-0.1, -0.05) is 164 Å². The van der Waals surface area contributed by atoms with Gasteiger partial charge in [0.1, 0.15) is 23.0 Å². The number of benzene rings is 6. The number of fused-ring (bicyclic) bond motifs is 10. The SMILES string of the molecule is C1=CCC(n2c3ccccc3c3cc4c(cc32)C(C2C=c3oc5cccc(C6=NC(c7ccccc7)=NC(c7ccccc7)N6)c5c3=C3C=CC=CC32)Cc2ccccc2-4)C=C1. The minimum atomic E-state index is -0.296. The van der Waals surface area contributed by atoms with Gasteiger partial charge in [-0.05, 0) is 88.4 Å². The number of hydrogen-bond donors (Lipinski definition) is 1. The molecule has 6 aromatic carbocycles. The first-order chi connectivity index (χ1) is 30.7. The lowest BCUT2D eigenvalue weighted by Gasteiger charge is -2.38. The Morgan fingerprint density at radius 3 is 2.37 bits per heavy atom. The van der Waals surface area contributed by atoms with Crippen molar-refractivity contribution in [1.82, 2.24) is 9.88 Å². The van der Waals surface area contributed by atoms with Gasteiger partial charge in [-0.3, -0.25) is 0 Å². The minimum Gasteiger partial charge on any atom is -0.456 e. The van der Waals surface area contributed by atoms with Crippen LogP contribution < -0.4 is 16.0 Å². The summed E-state index contributed by atoms with van der Waals surface area (Å²) in [7, 11) is 0. The predicted octanol–water partition coefficient (Wildman–Crippen LogP) is 11.4. The number of amidine groups is 2. The van der Waals surface area contributed by atoms with Gasteiger partial charge in [-0.25, -0.2) is 9.98 Å². The van der Waals surface area contributed by atoms with Crippen molar-refractivity contribution in [2.45, 2.75) is 31.0 Å². The first-order valence-corrected chi connectivity index (χ1v) is 21.9. The van der Waals surface area contributed by atoms with Gasteiger partial charge >= 0.3 is 0 Å². The summed E-state index contributed by atoms with van der Waals surface area (Å²) in [5, 5.41) is 8.61. The molecule has 0 amide bonds. The molecule has 5 atom stereocenters. The van der Waals surface area contributed by atoms with Gasteiger partial charge < -0.3 is 14.3 Å². The Morgan fingerprint density at radius 2 is 1.48 bits per heavy atom. The second-order valence-corrected chi connectivity index (χ2v) is 17.2. The topological polar surface area (TPSA) is 54.8 Å². The smallest absolute Gasteiger partial charge is 0.159 e. The van der Waals surface area contributed by atoms with Crippen LogP contribution in [0, 0.1) is 11.8 Å². The summed E-state index contributed by atoms with van der Waals surface area (Å²) in [5.74, 6) is 2.03. The predicted molar refractivity (Wildman–Crippen MR) is 254 cm³/mol. The van der Waals surface area contributed by atoms with Crippen LogP contribution in [0.15, 0.2) is 203 Å². The molecule has 0 radical (unpaired) electrons. The highest BCUT2D eigenvalue weighted by atomic mass is 16.3. The molecule has 0 saturated heterocycles. The maximum absolute atomic E-state index is 7.02. The lowest BCUT2D eigenvalue weighted by molar-refractivity contribution is 0.455. The molecule has 0 spiro atoms. The highest BCUT2D eigenvalue weighted by Gasteiger charge is 2.38. The van der Waals surface area contributed by atoms with E-state index < -0.39 is 0 Å². The van der Waals surface area contributed by atoms with E-state index >= 15 is 0 Å². The van der Waals surface area contributed by atoms with Crippen LogP contribution in [0.25, 0.3) is 55.6 Å². The van der Waals surface area contributed by atoms with Gasteiger partial charge in [0, 0.05) is 49.5 Å². The van der Waals surface area contributed by atoms with Crippen LogP contribution in [0.4, 0.5) is 0 Å². The number of nitrogens with zero attached hydrogens (tertiary/aromatic N) is 3. The summed E-state index contributed by atoms with van der Waals surface area (Å²) in [6.45, 7) is 0. The Hall–Kier alpha value is -7.50. The average molecular weight is 799 g/mol. The molecule has 5 unspecified atom stereocenters. The molecule has 8 aromatic rings. The zero-order valence-corrected chi connectivity index (χ0v) is 34.0. The van der Waals surface area contributed by atoms with Crippen LogP contribution in [0.3, 0.4) is 0 Å². The Morgan fingerprint density at radius 1 is 0.677 bits per heavy atom. The summed E-state index contributed by atoms with van der Waals surface area (Å²) in [6.07, 6.45) is 22.3. The Labute approximate surface area is 359 Å². The summed E-state index contributed by atoms with van der Waals surface area (Å²) in [4.78, 5) is 10.4. The minimum absolute atomic E-state index is 0.150. The van der Waals surface area contributed by atoms with Gasteiger partial charge in [-0.2, -0.15) is 0 Å². The van der Waals surface area contributed by atoms with Gasteiger partial charge in [0.05, 0.1) is 6.04 Å². The Balaban J connectivity index is 1.00. The van der Waals surface area contributed by atoms with Gasteiger partial charge in [0.25, 0.3) is 0 Å². The third-order valence-corrected chi connectivity index (χ3v) is 13.8. The number of allylic oxidation sites excluding steroid dienone is 8. The van der Waals surface area contributed by atoms with Crippen LogP contribution >= 0.6 is 0 Å². The molecule has 5 nitrogen and oxygen atoms in total. The van der Waals surface area contributed by atoms with Gasteiger partial charge in [0.15, 0.2) is 5.84 Å². The number of aliphatic imine (C=N–C) groups is 2. The average Bonchev–Trinajstić information content (AvgIpc) is 3.89. The van der Waals surface area contributed by atoms with Crippen LogP contribution in [0.1, 0.15) is 52.4 Å². The number of rotatable bonds is 5. The second kappa shape index (κ2) is 14.0. The highest BCUT2D eigenvalue weighted by Crippen LogP contribution is 2.50. The second-order valence-electron chi connectivity index (χ2n) is 17.2. The molecule has 3 heterocycles. The molecule has 0 fully saturated rings. The van der Waals surface area contributed by atoms with E-state index in [1.54, 1.807) is 0 Å². The normalized spacial score (nSPS) is 22.1. The molecule has 5 aliphatic rings. The van der Waals surface area contributed by atoms with Crippen LogP contribution in [-0.4, -0.2) is 16.2 Å². The number of furan rings is 1. The Bertz CT molecular complexity index is 3470. The quantitative estimate of drug-likeness (QED) is 0.189. The molecular formula is C57H42N4O. The monoisotopic (exact) mass is 798 g/mol. The molecule has 1 aliphatic heterocycles. The Kier molecular flexibility index (Phi) is 7.99. The molecule has 13 rings (SSSR count). The summed E-state index contributed by atoms with van der Waals surface area (Å²) >= 11 is 0. The van der Waals surface area contributed by atoms with Crippen molar-refractivity contribution in [3.63, 3.8) is 0 Å². The first-order valence-electron chi connectivity index (χ1n) is 21.9. The van der Waals surface area contributed by atoms with Crippen molar-refractivity contribution in [3.8, 4) is 11.1 Å². The van der Waals surface area contributed by atoms with Crippen molar-refractivity contribution in [3.05, 3.63) is 227 Å². The third-order valence-electron chi connectivity index (χ3n) is 13.8. The van der Waals surface area contributed by atoms with E-state index in [1.807, 2.05) is 24.3 Å².